The van der Waals surface area contributed by atoms with Crippen LogP contribution in [0, 0.1) is 5.82 Å². The highest BCUT2D eigenvalue weighted by atomic mass is 19.1. The van der Waals surface area contributed by atoms with Gasteiger partial charge in [0.25, 0.3) is 0 Å². The maximum atomic E-state index is 14.1. The summed E-state index contributed by atoms with van der Waals surface area (Å²) in [7, 11) is 0. The Bertz CT molecular complexity index is 574. The van der Waals surface area contributed by atoms with Gasteiger partial charge in [0.1, 0.15) is 0 Å². The van der Waals surface area contributed by atoms with Gasteiger partial charge in [-0.05, 0) is 26.3 Å². The third kappa shape index (κ3) is 3.07. The molecule has 0 saturated carbocycles. The quantitative estimate of drug-likeness (QED) is 0.834. The predicted octanol–water partition coefficient (Wildman–Crippen LogP) is 1.52. The van der Waals surface area contributed by atoms with Crippen molar-refractivity contribution in [3.63, 3.8) is 0 Å². The Kier molecular flexibility index (Phi) is 4.54. The summed E-state index contributed by atoms with van der Waals surface area (Å²) >= 11 is 0. The van der Waals surface area contributed by atoms with E-state index in [4.69, 9.17) is 4.74 Å². The molecule has 0 aliphatic carbocycles. The van der Waals surface area contributed by atoms with Crippen molar-refractivity contribution in [3.8, 4) is 0 Å². The van der Waals surface area contributed by atoms with E-state index >= 15 is 0 Å². The molecular weight excluding hydrogens is 309 g/mol. The maximum absolute atomic E-state index is 14.1. The smallest absolute Gasteiger partial charge is 0.227 e. The molecule has 0 bridgehead atoms. The summed E-state index contributed by atoms with van der Waals surface area (Å²) in [5, 5.41) is 0. The van der Waals surface area contributed by atoms with E-state index in [9.17, 15) is 4.39 Å². The topological polar surface area (TPSA) is 44.7 Å². The van der Waals surface area contributed by atoms with Gasteiger partial charge in [-0.25, -0.2) is 9.37 Å². The Morgan fingerprint density at radius 1 is 1.12 bits per heavy atom. The van der Waals surface area contributed by atoms with Crippen LogP contribution in [-0.2, 0) is 4.74 Å². The van der Waals surface area contributed by atoms with Gasteiger partial charge in [0.05, 0.1) is 19.4 Å². The number of anilines is 2. The molecule has 0 spiro atoms. The summed E-state index contributed by atoms with van der Waals surface area (Å²) in [5.41, 5.74) is 0. The van der Waals surface area contributed by atoms with Gasteiger partial charge < -0.3 is 14.5 Å². The molecule has 1 aromatic heterocycles. The molecule has 132 valence electrons. The first-order chi connectivity index (χ1) is 11.7. The largest absolute Gasteiger partial charge is 0.378 e. The Morgan fingerprint density at radius 2 is 1.92 bits per heavy atom. The molecule has 1 aromatic rings. The van der Waals surface area contributed by atoms with Crippen molar-refractivity contribution in [1.82, 2.24) is 14.9 Å². The van der Waals surface area contributed by atoms with Crippen LogP contribution in [0.1, 0.15) is 26.2 Å². The van der Waals surface area contributed by atoms with Crippen molar-refractivity contribution in [2.75, 3.05) is 55.7 Å². The van der Waals surface area contributed by atoms with E-state index in [1.165, 1.54) is 32.0 Å². The molecule has 4 heterocycles. The van der Waals surface area contributed by atoms with Crippen molar-refractivity contribution in [3.05, 3.63) is 12.0 Å². The zero-order valence-electron chi connectivity index (χ0n) is 14.3. The Hall–Kier alpha value is -1.47. The molecular formula is C17H26FN5O. The Labute approximate surface area is 142 Å². The number of aromatic nitrogens is 2. The van der Waals surface area contributed by atoms with Crippen LogP contribution in [0.3, 0.4) is 0 Å². The first kappa shape index (κ1) is 16.0. The fourth-order valence-electron chi connectivity index (χ4n) is 3.99. The van der Waals surface area contributed by atoms with Crippen LogP contribution in [0.15, 0.2) is 6.20 Å². The molecule has 0 aromatic carbocycles. The monoisotopic (exact) mass is 335 g/mol. The number of piperidine rings is 1. The van der Waals surface area contributed by atoms with Crippen LogP contribution in [0.4, 0.5) is 16.2 Å². The zero-order valence-corrected chi connectivity index (χ0v) is 14.3. The zero-order chi connectivity index (χ0) is 16.5. The third-order valence-electron chi connectivity index (χ3n) is 5.49. The molecule has 3 aliphatic heterocycles. The van der Waals surface area contributed by atoms with Crippen LogP contribution in [0.2, 0.25) is 0 Å². The van der Waals surface area contributed by atoms with Gasteiger partial charge in [0.2, 0.25) is 5.95 Å². The second-order valence-corrected chi connectivity index (χ2v) is 7.08. The van der Waals surface area contributed by atoms with Gasteiger partial charge in [-0.2, -0.15) is 4.98 Å². The van der Waals surface area contributed by atoms with Crippen LogP contribution in [0.5, 0.6) is 0 Å². The van der Waals surface area contributed by atoms with Crippen LogP contribution in [0.25, 0.3) is 0 Å². The summed E-state index contributed by atoms with van der Waals surface area (Å²) in [4.78, 5) is 15.5. The number of ether oxygens (including phenoxy) is 1. The molecule has 0 N–H and O–H groups in total. The highest BCUT2D eigenvalue weighted by molar-refractivity contribution is 5.47. The van der Waals surface area contributed by atoms with E-state index in [1.54, 1.807) is 0 Å². The summed E-state index contributed by atoms with van der Waals surface area (Å²) in [6.07, 6.45) is 5.25. The predicted molar refractivity (Wildman–Crippen MR) is 91.0 cm³/mol. The number of hydrogen-bond acceptors (Lipinski definition) is 6. The van der Waals surface area contributed by atoms with Gasteiger partial charge in [-0.3, -0.25) is 4.90 Å². The minimum Gasteiger partial charge on any atom is -0.378 e. The first-order valence-electron chi connectivity index (χ1n) is 9.08. The van der Waals surface area contributed by atoms with Crippen molar-refractivity contribution in [2.24, 2.45) is 0 Å². The average Bonchev–Trinajstić information content (AvgIpc) is 2.57. The SMILES string of the molecule is C[C@H]1CCCCN1C1CN(c2ncc(F)c(N3CCOCC3)n2)C1. The third-order valence-corrected chi connectivity index (χ3v) is 5.49. The van der Waals surface area contributed by atoms with E-state index < -0.39 is 0 Å². The molecule has 3 aliphatic rings. The van der Waals surface area contributed by atoms with Crippen LogP contribution < -0.4 is 9.80 Å². The van der Waals surface area contributed by atoms with E-state index in [0.717, 1.165) is 13.1 Å². The average molecular weight is 335 g/mol. The highest BCUT2D eigenvalue weighted by Gasteiger charge is 2.36. The number of nitrogens with zero attached hydrogens (tertiary/aromatic N) is 5. The van der Waals surface area contributed by atoms with Gasteiger partial charge in [0, 0.05) is 38.3 Å². The van der Waals surface area contributed by atoms with Crippen LogP contribution >= 0.6 is 0 Å². The summed E-state index contributed by atoms with van der Waals surface area (Å²) in [6.45, 7) is 8.02. The fraction of sp³-hybridized carbons (Fsp3) is 0.765. The van der Waals surface area contributed by atoms with Crippen LogP contribution in [-0.4, -0.2) is 72.9 Å². The molecule has 1 atom stereocenters. The maximum Gasteiger partial charge on any atom is 0.227 e. The van der Waals surface area contributed by atoms with E-state index in [0.29, 0.717) is 50.2 Å². The van der Waals surface area contributed by atoms with Crippen molar-refractivity contribution < 1.29 is 9.13 Å². The second-order valence-electron chi connectivity index (χ2n) is 7.08. The van der Waals surface area contributed by atoms with E-state index in [2.05, 4.69) is 26.7 Å². The number of hydrogen-bond donors (Lipinski definition) is 0. The van der Waals surface area contributed by atoms with Gasteiger partial charge in [-0.15, -0.1) is 0 Å². The lowest BCUT2D eigenvalue weighted by Crippen LogP contribution is -2.62. The molecule has 24 heavy (non-hydrogen) atoms. The van der Waals surface area contributed by atoms with E-state index in [-0.39, 0.29) is 5.82 Å². The fourth-order valence-corrected chi connectivity index (χ4v) is 3.99. The summed E-state index contributed by atoms with van der Waals surface area (Å²) in [5.74, 6) is 0.722. The minimum absolute atomic E-state index is 0.345. The molecule has 6 nitrogen and oxygen atoms in total. The van der Waals surface area contributed by atoms with E-state index in [1.807, 2.05) is 4.90 Å². The summed E-state index contributed by atoms with van der Waals surface area (Å²) < 4.78 is 19.5. The molecule has 4 rings (SSSR count). The minimum atomic E-state index is -0.345. The Morgan fingerprint density at radius 3 is 2.67 bits per heavy atom. The molecule has 7 heteroatoms. The van der Waals surface area contributed by atoms with Crippen molar-refractivity contribution in [1.29, 1.82) is 0 Å². The lowest BCUT2D eigenvalue weighted by atomic mass is 9.98. The number of morpholine rings is 1. The number of likely N-dealkylation sites (tertiary alicyclic amines) is 1. The van der Waals surface area contributed by atoms with Gasteiger partial charge >= 0.3 is 0 Å². The van der Waals surface area contributed by atoms with Crippen molar-refractivity contribution in [2.45, 2.75) is 38.3 Å². The molecule has 0 amide bonds. The molecule has 0 radical (unpaired) electrons. The van der Waals surface area contributed by atoms with Gasteiger partial charge in [-0.1, -0.05) is 6.42 Å². The Balaban J connectivity index is 1.42. The van der Waals surface area contributed by atoms with Crippen molar-refractivity contribution >= 4 is 11.8 Å². The van der Waals surface area contributed by atoms with Gasteiger partial charge in [0.15, 0.2) is 11.6 Å². The molecule has 3 fully saturated rings. The number of rotatable bonds is 3. The summed E-state index contributed by atoms with van der Waals surface area (Å²) in [6, 6.07) is 1.25. The highest BCUT2D eigenvalue weighted by Crippen LogP contribution is 2.28. The normalized spacial score (nSPS) is 26.5. The standard InChI is InChI=1S/C17H26FN5O/c1-13-4-2-3-5-23(13)14-11-22(12-14)17-19-10-15(18)16(20-17)21-6-8-24-9-7-21/h10,13-14H,2-9,11-12H2,1H3/t13-/m0/s1. The lowest BCUT2D eigenvalue weighted by Gasteiger charge is -2.49. The number of halogens is 1. The first-order valence-corrected chi connectivity index (χ1v) is 9.08. The second kappa shape index (κ2) is 6.80. The molecule has 3 saturated heterocycles. The molecule has 0 unspecified atom stereocenters. The lowest BCUT2D eigenvalue weighted by molar-refractivity contribution is 0.0869.